The van der Waals surface area contributed by atoms with Crippen LogP contribution in [0.5, 0.6) is 5.75 Å². The van der Waals surface area contributed by atoms with Crippen LogP contribution >= 0.6 is 0 Å². The normalized spacial score (nSPS) is 12.7. The molecule has 0 unspecified atom stereocenters. The minimum absolute atomic E-state index is 0.0271. The molecule has 0 spiro atoms. The molecule has 1 aromatic heterocycles. The molecular weight excluding hydrogens is 594 g/mol. The predicted molar refractivity (Wildman–Crippen MR) is 165 cm³/mol. The Bertz CT molecular complexity index is 1600. The number of nitrogens with one attached hydrogen (secondary N) is 1. The van der Waals surface area contributed by atoms with Crippen molar-refractivity contribution < 1.29 is 36.9 Å². The number of rotatable bonds is 13. The van der Waals surface area contributed by atoms with E-state index in [1.165, 1.54) is 10.7 Å². The number of ether oxygens (including phenoxy) is 2. The van der Waals surface area contributed by atoms with Gasteiger partial charge in [0.05, 0.1) is 23.9 Å². The van der Waals surface area contributed by atoms with Crippen molar-refractivity contribution in [3.8, 4) is 5.75 Å². The molecule has 0 atom stereocenters. The second-order valence-electron chi connectivity index (χ2n) is 11.5. The number of benzene rings is 3. The highest BCUT2D eigenvalue weighted by atomic mass is 28.3. The molecule has 4 rings (SSSR count). The van der Waals surface area contributed by atoms with Crippen molar-refractivity contribution in [2.45, 2.75) is 45.0 Å². The Balaban J connectivity index is 1.76. The van der Waals surface area contributed by atoms with E-state index in [-0.39, 0.29) is 36.4 Å². The van der Waals surface area contributed by atoms with Gasteiger partial charge in [-0.05, 0) is 58.1 Å². The van der Waals surface area contributed by atoms with Crippen molar-refractivity contribution in [3.63, 3.8) is 0 Å². The van der Waals surface area contributed by atoms with Gasteiger partial charge in [0.25, 0.3) is 0 Å². The first-order valence-corrected chi connectivity index (χ1v) is 17.8. The standard InChI is InChI=1S/C32H35F4N3O4Si/c1-44(2,3)18-17-42-21-39-28-14-11-24(19-26(28)30(33)38-39)29(27(20-32(34,35)36)22-7-5-4-6-8-22)23-9-12-25(13-10-23)43-16-15-37-31(40)41/h4-14,19,37H,15-18,20-21H2,1-3H3,(H,40,41)/b29-27+. The van der Waals surface area contributed by atoms with E-state index in [0.717, 1.165) is 6.04 Å². The quantitative estimate of drug-likeness (QED) is 0.0677. The molecule has 4 aromatic rings. The first kappa shape index (κ1) is 32.7. The highest BCUT2D eigenvalue weighted by Gasteiger charge is 2.32. The molecule has 1 heterocycles. The fourth-order valence-corrected chi connectivity index (χ4v) is 5.41. The minimum atomic E-state index is -4.52. The minimum Gasteiger partial charge on any atom is -0.492 e. The molecular formula is C32H35F4N3O4Si. The lowest BCUT2D eigenvalue weighted by Crippen LogP contribution is -2.26. The molecule has 0 bridgehead atoms. The highest BCUT2D eigenvalue weighted by molar-refractivity contribution is 6.76. The van der Waals surface area contributed by atoms with Crippen molar-refractivity contribution in [1.82, 2.24) is 15.1 Å². The van der Waals surface area contributed by atoms with E-state index >= 15 is 4.39 Å². The van der Waals surface area contributed by atoms with Gasteiger partial charge in [0, 0.05) is 14.7 Å². The summed E-state index contributed by atoms with van der Waals surface area (Å²) in [6.45, 7) is 7.41. The summed E-state index contributed by atoms with van der Waals surface area (Å²) >= 11 is 0. The molecule has 44 heavy (non-hydrogen) atoms. The van der Waals surface area contributed by atoms with E-state index in [2.05, 4.69) is 30.1 Å². The molecule has 0 fully saturated rings. The van der Waals surface area contributed by atoms with Crippen molar-refractivity contribution in [3.05, 3.63) is 95.4 Å². The number of halogens is 4. The van der Waals surface area contributed by atoms with E-state index in [1.807, 2.05) is 0 Å². The van der Waals surface area contributed by atoms with E-state index in [4.69, 9.17) is 14.6 Å². The lowest BCUT2D eigenvalue weighted by atomic mass is 9.87. The van der Waals surface area contributed by atoms with Gasteiger partial charge in [0.1, 0.15) is 19.1 Å². The first-order chi connectivity index (χ1) is 20.8. The average molecular weight is 630 g/mol. The van der Waals surface area contributed by atoms with Gasteiger partial charge >= 0.3 is 12.3 Å². The van der Waals surface area contributed by atoms with Gasteiger partial charge in [0.15, 0.2) is 0 Å². The zero-order chi connectivity index (χ0) is 31.9. The summed E-state index contributed by atoms with van der Waals surface area (Å²) in [4.78, 5) is 10.7. The highest BCUT2D eigenvalue weighted by Crippen LogP contribution is 2.40. The summed E-state index contributed by atoms with van der Waals surface area (Å²) < 4.78 is 70.0. The number of hydrogen-bond donors (Lipinski definition) is 2. The summed E-state index contributed by atoms with van der Waals surface area (Å²) in [7, 11) is -1.31. The maximum absolute atomic E-state index is 15.2. The van der Waals surface area contributed by atoms with Crippen molar-refractivity contribution in [2.75, 3.05) is 19.8 Å². The van der Waals surface area contributed by atoms with Crippen LogP contribution in [0.4, 0.5) is 22.4 Å². The Morgan fingerprint density at radius 2 is 1.64 bits per heavy atom. The van der Waals surface area contributed by atoms with Crippen molar-refractivity contribution in [1.29, 1.82) is 0 Å². The first-order valence-electron chi connectivity index (χ1n) is 14.1. The SMILES string of the molecule is C[Si](C)(C)CCOCn1nc(F)c2cc(/C(=C(\CC(F)(F)F)c3ccccc3)c3ccc(OCCNC(=O)O)cc3)ccc21. The number of nitrogens with zero attached hydrogens (tertiary/aromatic N) is 2. The van der Waals surface area contributed by atoms with Gasteiger partial charge in [-0.2, -0.15) is 17.6 Å². The molecule has 1 amide bonds. The van der Waals surface area contributed by atoms with Crippen LogP contribution in [0.1, 0.15) is 23.1 Å². The van der Waals surface area contributed by atoms with Gasteiger partial charge < -0.3 is 19.9 Å². The third kappa shape index (κ3) is 9.17. The number of aromatic nitrogens is 2. The molecule has 0 saturated heterocycles. The Morgan fingerprint density at radius 3 is 2.27 bits per heavy atom. The smallest absolute Gasteiger partial charge is 0.404 e. The van der Waals surface area contributed by atoms with E-state index in [0.29, 0.717) is 34.6 Å². The summed E-state index contributed by atoms with van der Waals surface area (Å²) in [5.41, 5.74) is 2.01. The molecule has 2 N–H and O–H groups in total. The topological polar surface area (TPSA) is 85.6 Å². The largest absolute Gasteiger partial charge is 0.492 e. The zero-order valence-electron chi connectivity index (χ0n) is 24.7. The fraction of sp³-hybridized carbons (Fsp3) is 0.312. The van der Waals surface area contributed by atoms with Crippen LogP contribution < -0.4 is 10.1 Å². The molecule has 3 aromatic carbocycles. The molecule has 0 aliphatic heterocycles. The third-order valence-electron chi connectivity index (χ3n) is 6.80. The van der Waals surface area contributed by atoms with Gasteiger partial charge in [-0.15, -0.1) is 5.10 Å². The average Bonchev–Trinajstić information content (AvgIpc) is 3.27. The molecule has 12 heteroatoms. The summed E-state index contributed by atoms with van der Waals surface area (Å²) in [5, 5.41) is 15.1. The molecule has 7 nitrogen and oxygen atoms in total. The maximum atomic E-state index is 15.2. The van der Waals surface area contributed by atoms with E-state index < -0.39 is 32.7 Å². The Labute approximate surface area is 254 Å². The van der Waals surface area contributed by atoms with Crippen LogP contribution in [-0.2, 0) is 11.5 Å². The number of hydrogen-bond acceptors (Lipinski definition) is 4. The van der Waals surface area contributed by atoms with Crippen LogP contribution in [0, 0.1) is 5.95 Å². The number of carbonyl (C=O) groups is 1. The zero-order valence-corrected chi connectivity index (χ0v) is 25.7. The predicted octanol–water partition coefficient (Wildman–Crippen LogP) is 8.05. The Hall–Kier alpha value is -4.16. The Kier molecular flexibility index (Phi) is 10.5. The molecule has 234 valence electrons. The van der Waals surface area contributed by atoms with Gasteiger partial charge in [-0.3, -0.25) is 0 Å². The number of alkyl halides is 3. The number of carboxylic acid groups (broad SMARTS) is 1. The van der Waals surface area contributed by atoms with Gasteiger partial charge in [0.2, 0.25) is 5.95 Å². The van der Waals surface area contributed by atoms with E-state index in [9.17, 15) is 18.0 Å². The monoisotopic (exact) mass is 629 g/mol. The van der Waals surface area contributed by atoms with Crippen molar-refractivity contribution >= 4 is 36.2 Å². The lowest BCUT2D eigenvalue weighted by molar-refractivity contribution is -0.122. The Morgan fingerprint density at radius 1 is 0.955 bits per heavy atom. The van der Waals surface area contributed by atoms with Crippen molar-refractivity contribution in [2.24, 2.45) is 0 Å². The summed E-state index contributed by atoms with van der Waals surface area (Å²) in [6.07, 6.45) is -6.91. The molecule has 0 radical (unpaired) electrons. The third-order valence-corrected chi connectivity index (χ3v) is 8.50. The second kappa shape index (κ2) is 14.1. The summed E-state index contributed by atoms with van der Waals surface area (Å²) in [6, 6.07) is 20.5. The molecule has 0 aliphatic carbocycles. The molecule has 0 saturated carbocycles. The second-order valence-corrected chi connectivity index (χ2v) is 17.1. The van der Waals surface area contributed by atoms with Gasteiger partial charge in [-0.1, -0.05) is 68.2 Å². The van der Waals surface area contributed by atoms with Crippen LogP contribution in [0.15, 0.2) is 72.8 Å². The number of allylic oxidation sites excluding steroid dienone is 1. The van der Waals surface area contributed by atoms with Gasteiger partial charge in [-0.25, -0.2) is 9.48 Å². The maximum Gasteiger partial charge on any atom is 0.404 e. The van der Waals surface area contributed by atoms with Crippen LogP contribution in [0.25, 0.3) is 22.0 Å². The fourth-order valence-electron chi connectivity index (χ4n) is 4.66. The van der Waals surface area contributed by atoms with Crippen LogP contribution in [0.2, 0.25) is 25.7 Å². The molecule has 0 aliphatic rings. The number of fused-ring (bicyclic) bond motifs is 1. The number of amides is 1. The van der Waals surface area contributed by atoms with E-state index in [1.54, 1.807) is 66.7 Å². The summed E-state index contributed by atoms with van der Waals surface area (Å²) in [5.74, 6) is -0.333. The lowest BCUT2D eigenvalue weighted by Gasteiger charge is -2.19. The van der Waals surface area contributed by atoms with Crippen LogP contribution in [-0.4, -0.2) is 55.0 Å². The van der Waals surface area contributed by atoms with Crippen LogP contribution in [0.3, 0.4) is 0 Å².